The zero-order chi connectivity index (χ0) is 15.4. The van der Waals surface area contributed by atoms with Crippen molar-refractivity contribution in [3.63, 3.8) is 0 Å². The van der Waals surface area contributed by atoms with Crippen LogP contribution in [-0.4, -0.2) is 15.7 Å². The fourth-order valence-electron chi connectivity index (χ4n) is 1.93. The van der Waals surface area contributed by atoms with E-state index in [-0.39, 0.29) is 17.1 Å². The third-order valence-corrected chi connectivity index (χ3v) is 4.32. The molecule has 1 unspecified atom stereocenters. The maximum atomic E-state index is 13.5. The average Bonchev–Trinajstić information content (AvgIpc) is 2.44. The summed E-state index contributed by atoms with van der Waals surface area (Å²) in [5.74, 6) is -2.25. The molecule has 5 heteroatoms. The lowest BCUT2D eigenvalue weighted by molar-refractivity contribution is 0.101. The molecule has 1 atom stereocenters. The Morgan fingerprint density at radius 1 is 1.14 bits per heavy atom. The van der Waals surface area contributed by atoms with Gasteiger partial charge in [0, 0.05) is 16.6 Å². The van der Waals surface area contributed by atoms with E-state index in [1.807, 2.05) is 31.2 Å². The van der Waals surface area contributed by atoms with Gasteiger partial charge in [-0.15, -0.1) is 0 Å². The molecule has 0 saturated carbocycles. The molecule has 0 radical (unpaired) electrons. The summed E-state index contributed by atoms with van der Waals surface area (Å²) in [6, 6.07) is 10.1. The zero-order valence-electron chi connectivity index (χ0n) is 11.4. The Morgan fingerprint density at radius 3 is 2.57 bits per heavy atom. The molecule has 0 aliphatic rings. The van der Waals surface area contributed by atoms with Crippen LogP contribution in [0.25, 0.3) is 0 Å². The van der Waals surface area contributed by atoms with Crippen LogP contribution in [0.3, 0.4) is 0 Å². The second kappa shape index (κ2) is 6.72. The number of ketones is 1. The predicted octanol–water partition coefficient (Wildman–Crippen LogP) is 3.40. The van der Waals surface area contributed by atoms with Gasteiger partial charge < -0.3 is 0 Å². The molecule has 0 aliphatic heterocycles. The van der Waals surface area contributed by atoms with Crippen LogP contribution in [0.5, 0.6) is 0 Å². The largest absolute Gasteiger partial charge is 0.293 e. The van der Waals surface area contributed by atoms with E-state index in [1.54, 1.807) is 0 Å². The first-order valence-electron chi connectivity index (χ1n) is 6.35. The number of hydrogen-bond acceptors (Lipinski definition) is 2. The van der Waals surface area contributed by atoms with Crippen molar-refractivity contribution in [2.75, 3.05) is 5.75 Å². The van der Waals surface area contributed by atoms with Crippen molar-refractivity contribution in [1.29, 1.82) is 0 Å². The Kier molecular flexibility index (Phi) is 4.96. The molecule has 0 fully saturated rings. The predicted molar refractivity (Wildman–Crippen MR) is 78.6 cm³/mol. The Hall–Kier alpha value is -1.88. The third-order valence-electron chi connectivity index (χ3n) is 3.10. The quantitative estimate of drug-likeness (QED) is 0.793. The van der Waals surface area contributed by atoms with Crippen molar-refractivity contribution in [3.8, 4) is 0 Å². The van der Waals surface area contributed by atoms with E-state index < -0.39 is 28.2 Å². The monoisotopic (exact) mass is 308 g/mol. The number of Topliss-reactive ketones (excluding diaryl/α,β-unsaturated/α-hetero) is 1. The van der Waals surface area contributed by atoms with Crippen LogP contribution in [0, 0.1) is 18.6 Å². The van der Waals surface area contributed by atoms with Crippen LogP contribution in [0.2, 0.25) is 0 Å². The molecule has 0 saturated heterocycles. The van der Waals surface area contributed by atoms with E-state index in [1.165, 1.54) is 0 Å². The Morgan fingerprint density at radius 2 is 1.86 bits per heavy atom. The first-order chi connectivity index (χ1) is 9.97. The molecule has 0 bridgehead atoms. The number of rotatable bonds is 5. The molecule has 110 valence electrons. The van der Waals surface area contributed by atoms with Gasteiger partial charge in [0.05, 0.1) is 11.3 Å². The highest BCUT2D eigenvalue weighted by atomic mass is 32.2. The lowest BCUT2D eigenvalue weighted by Crippen LogP contribution is -2.14. The summed E-state index contributed by atoms with van der Waals surface area (Å²) < 4.78 is 38.5. The minimum atomic E-state index is -1.47. The molecule has 0 heterocycles. The maximum Gasteiger partial charge on any atom is 0.178 e. The van der Waals surface area contributed by atoms with Crippen molar-refractivity contribution >= 4 is 16.6 Å². The molecule has 0 spiro atoms. The van der Waals surface area contributed by atoms with Gasteiger partial charge in [0.25, 0.3) is 0 Å². The summed E-state index contributed by atoms with van der Waals surface area (Å²) in [6.07, 6.45) is 0. The molecule has 0 amide bonds. The average molecular weight is 308 g/mol. The lowest BCUT2D eigenvalue weighted by Gasteiger charge is -2.06. The second-order valence-corrected chi connectivity index (χ2v) is 6.16. The van der Waals surface area contributed by atoms with Crippen LogP contribution in [-0.2, 0) is 16.6 Å². The first-order valence-corrected chi connectivity index (χ1v) is 7.84. The van der Waals surface area contributed by atoms with E-state index in [9.17, 15) is 17.8 Å². The summed E-state index contributed by atoms with van der Waals surface area (Å²) in [5.41, 5.74) is 1.51. The van der Waals surface area contributed by atoms with Crippen LogP contribution in [0.15, 0.2) is 42.5 Å². The van der Waals surface area contributed by atoms with E-state index in [0.717, 1.165) is 29.3 Å². The Labute approximate surface area is 124 Å². The summed E-state index contributed by atoms with van der Waals surface area (Å²) in [5, 5.41) is 0. The van der Waals surface area contributed by atoms with E-state index in [4.69, 9.17) is 0 Å². The molecule has 0 N–H and O–H groups in total. The number of aryl methyl sites for hydroxylation is 1. The number of carbonyl (C=O) groups excluding carboxylic acids is 1. The summed E-state index contributed by atoms with van der Waals surface area (Å²) in [6.45, 7) is 1.89. The lowest BCUT2D eigenvalue weighted by atomic mass is 10.1. The summed E-state index contributed by atoms with van der Waals surface area (Å²) in [4.78, 5) is 11.9. The highest BCUT2D eigenvalue weighted by Gasteiger charge is 2.16. The first kappa shape index (κ1) is 15.5. The topological polar surface area (TPSA) is 34.1 Å². The summed E-state index contributed by atoms with van der Waals surface area (Å²) >= 11 is 0. The maximum absolute atomic E-state index is 13.5. The molecule has 2 aromatic rings. The molecule has 0 aromatic heterocycles. The SMILES string of the molecule is Cc1ccccc1CS(=O)CC(=O)c1cc(F)ccc1F. The molecular formula is C16H14F2O2S. The molecule has 2 nitrogen and oxygen atoms in total. The van der Waals surface area contributed by atoms with Crippen LogP contribution < -0.4 is 0 Å². The molecule has 21 heavy (non-hydrogen) atoms. The van der Waals surface area contributed by atoms with Crippen molar-refractivity contribution in [2.45, 2.75) is 12.7 Å². The molecule has 2 rings (SSSR count). The van der Waals surface area contributed by atoms with Gasteiger partial charge in [-0.2, -0.15) is 0 Å². The van der Waals surface area contributed by atoms with Gasteiger partial charge in [0.1, 0.15) is 11.6 Å². The number of carbonyl (C=O) groups is 1. The van der Waals surface area contributed by atoms with Gasteiger partial charge >= 0.3 is 0 Å². The highest BCUT2D eigenvalue weighted by molar-refractivity contribution is 7.85. The molecule has 0 aliphatic carbocycles. The van der Waals surface area contributed by atoms with Gasteiger partial charge in [0.15, 0.2) is 5.78 Å². The molecule has 2 aromatic carbocycles. The second-order valence-electron chi connectivity index (χ2n) is 4.70. The van der Waals surface area contributed by atoms with Crippen LogP contribution >= 0.6 is 0 Å². The number of hydrogen-bond donors (Lipinski definition) is 0. The van der Waals surface area contributed by atoms with Crippen molar-refractivity contribution < 1.29 is 17.8 Å². The highest BCUT2D eigenvalue weighted by Crippen LogP contribution is 2.13. The Balaban J connectivity index is 2.08. The number of benzene rings is 2. The van der Waals surface area contributed by atoms with Gasteiger partial charge in [-0.1, -0.05) is 24.3 Å². The minimum absolute atomic E-state index is 0.218. The third kappa shape index (κ3) is 4.04. The van der Waals surface area contributed by atoms with Crippen molar-refractivity contribution in [2.24, 2.45) is 0 Å². The Bertz CT molecular complexity index is 698. The standard InChI is InChI=1S/C16H14F2O2S/c1-11-4-2-3-5-12(11)9-21(20)10-16(19)14-8-13(17)6-7-15(14)18/h2-8H,9-10H2,1H3. The van der Waals surface area contributed by atoms with Gasteiger partial charge in [-0.05, 0) is 36.2 Å². The van der Waals surface area contributed by atoms with Crippen LogP contribution in [0.4, 0.5) is 8.78 Å². The van der Waals surface area contributed by atoms with Crippen LogP contribution in [0.1, 0.15) is 21.5 Å². The van der Waals surface area contributed by atoms with Crippen molar-refractivity contribution in [3.05, 3.63) is 70.8 Å². The van der Waals surface area contributed by atoms with E-state index >= 15 is 0 Å². The van der Waals surface area contributed by atoms with Crippen molar-refractivity contribution in [1.82, 2.24) is 0 Å². The van der Waals surface area contributed by atoms with Gasteiger partial charge in [0.2, 0.25) is 0 Å². The van der Waals surface area contributed by atoms with E-state index in [2.05, 4.69) is 0 Å². The fraction of sp³-hybridized carbons (Fsp3) is 0.188. The smallest absolute Gasteiger partial charge is 0.178 e. The summed E-state index contributed by atoms with van der Waals surface area (Å²) in [7, 11) is -1.47. The molecular weight excluding hydrogens is 294 g/mol. The zero-order valence-corrected chi connectivity index (χ0v) is 12.3. The minimum Gasteiger partial charge on any atom is -0.293 e. The fourth-order valence-corrected chi connectivity index (χ4v) is 3.15. The van der Waals surface area contributed by atoms with E-state index in [0.29, 0.717) is 0 Å². The van der Waals surface area contributed by atoms with Gasteiger partial charge in [-0.3, -0.25) is 9.00 Å². The normalized spacial score (nSPS) is 12.1. The van der Waals surface area contributed by atoms with Gasteiger partial charge in [-0.25, -0.2) is 8.78 Å². The number of halogens is 2.